The summed E-state index contributed by atoms with van der Waals surface area (Å²) in [5.74, 6) is 0.221. The topological polar surface area (TPSA) is 89.7 Å². The van der Waals surface area contributed by atoms with Crippen LogP contribution in [0.1, 0.15) is 42.3 Å². The molecule has 142 valence electrons. The Kier molecular flexibility index (Phi) is 6.85. The number of hydrogen-bond acceptors (Lipinski definition) is 7. The van der Waals surface area contributed by atoms with Crippen molar-refractivity contribution in [2.75, 3.05) is 20.2 Å². The molecule has 1 unspecified atom stereocenters. The van der Waals surface area contributed by atoms with E-state index in [-0.39, 0.29) is 15.9 Å². The summed E-state index contributed by atoms with van der Waals surface area (Å²) in [5.41, 5.74) is 0. The average molecular weight is 399 g/mol. The molecule has 0 spiro atoms. The Morgan fingerprint density at radius 1 is 1.27 bits per heavy atom. The Labute approximate surface area is 157 Å². The molecule has 0 bridgehead atoms. The van der Waals surface area contributed by atoms with E-state index in [4.69, 9.17) is 4.42 Å². The third kappa shape index (κ3) is 4.46. The van der Waals surface area contributed by atoms with Gasteiger partial charge in [0, 0.05) is 19.3 Å². The number of esters is 1. The predicted octanol–water partition coefficient (Wildman–Crippen LogP) is 3.35. The van der Waals surface area contributed by atoms with Gasteiger partial charge in [-0.15, -0.1) is 0 Å². The van der Waals surface area contributed by atoms with E-state index in [9.17, 15) is 13.2 Å². The van der Waals surface area contributed by atoms with Crippen LogP contribution in [0.5, 0.6) is 0 Å². The van der Waals surface area contributed by atoms with Crippen LogP contribution in [0.4, 0.5) is 0 Å². The average Bonchev–Trinajstić information content (AvgIpc) is 3.12. The highest BCUT2D eigenvalue weighted by atomic mass is 32.2. The Balaban J connectivity index is 2.11. The van der Waals surface area contributed by atoms with Crippen molar-refractivity contribution < 1.29 is 22.4 Å². The summed E-state index contributed by atoms with van der Waals surface area (Å²) in [6.45, 7) is 6.33. The molecule has 2 rings (SSSR count). The van der Waals surface area contributed by atoms with Gasteiger partial charge in [0.25, 0.3) is 0 Å². The first-order chi connectivity index (χ1) is 12.3. The largest absolute Gasteiger partial charge is 0.463 e. The van der Waals surface area contributed by atoms with E-state index in [1.54, 1.807) is 38.1 Å². The highest BCUT2D eigenvalue weighted by Crippen LogP contribution is 2.35. The second-order valence-electron chi connectivity index (χ2n) is 5.38. The van der Waals surface area contributed by atoms with Crippen LogP contribution in [0.3, 0.4) is 0 Å². The number of methoxy groups -OCH3 is 1. The summed E-state index contributed by atoms with van der Waals surface area (Å²) >= 11 is 1.40. The lowest BCUT2D eigenvalue weighted by Crippen LogP contribution is -2.30. The summed E-state index contributed by atoms with van der Waals surface area (Å²) in [6.07, 6.45) is 1.37. The Bertz CT molecular complexity index is 842. The first-order valence-corrected chi connectivity index (χ1v) is 10.5. The molecule has 0 saturated carbocycles. The van der Waals surface area contributed by atoms with Crippen LogP contribution in [-0.2, 0) is 14.8 Å². The summed E-state index contributed by atoms with van der Waals surface area (Å²) in [5, 5.41) is 0.554. The van der Waals surface area contributed by atoms with Gasteiger partial charge in [-0.1, -0.05) is 25.6 Å². The van der Waals surface area contributed by atoms with Crippen molar-refractivity contribution in [1.82, 2.24) is 9.29 Å². The predicted molar refractivity (Wildman–Crippen MR) is 98.7 cm³/mol. The minimum atomic E-state index is -3.52. The van der Waals surface area contributed by atoms with Gasteiger partial charge in [0.2, 0.25) is 15.8 Å². The van der Waals surface area contributed by atoms with Crippen molar-refractivity contribution in [3.8, 4) is 0 Å². The number of hydrogen-bond donors (Lipinski definition) is 0. The van der Waals surface area contributed by atoms with Crippen LogP contribution < -0.4 is 0 Å². The van der Waals surface area contributed by atoms with E-state index in [1.807, 2.05) is 6.92 Å². The maximum Gasteiger partial charge on any atom is 0.373 e. The minimum Gasteiger partial charge on any atom is -0.463 e. The van der Waals surface area contributed by atoms with Crippen molar-refractivity contribution in [2.45, 2.75) is 35.9 Å². The quantitative estimate of drug-likeness (QED) is 0.497. The SMILES string of the molecule is CCN(CC)S(=O)(=O)c1ccc(SC(C)c2ccc(C(=O)OC)o2)nc1. The number of furan rings is 1. The summed E-state index contributed by atoms with van der Waals surface area (Å²) in [7, 11) is -2.22. The number of thioether (sulfide) groups is 1. The number of pyridine rings is 1. The van der Waals surface area contributed by atoms with Gasteiger partial charge in [0.15, 0.2) is 0 Å². The molecule has 7 nitrogen and oxygen atoms in total. The molecule has 0 fully saturated rings. The fraction of sp³-hybridized carbons (Fsp3) is 0.412. The molecule has 0 aliphatic heterocycles. The molecule has 26 heavy (non-hydrogen) atoms. The highest BCUT2D eigenvalue weighted by molar-refractivity contribution is 7.99. The number of carbonyl (C=O) groups is 1. The molecule has 0 aromatic carbocycles. The number of carbonyl (C=O) groups excluding carboxylic acids is 1. The van der Waals surface area contributed by atoms with Gasteiger partial charge in [-0.2, -0.15) is 4.31 Å². The zero-order valence-electron chi connectivity index (χ0n) is 15.1. The molecule has 0 saturated heterocycles. The minimum absolute atomic E-state index is 0.105. The number of ether oxygens (including phenoxy) is 1. The van der Waals surface area contributed by atoms with Gasteiger partial charge < -0.3 is 9.15 Å². The fourth-order valence-electron chi connectivity index (χ4n) is 2.32. The van der Waals surface area contributed by atoms with Crippen molar-refractivity contribution in [3.63, 3.8) is 0 Å². The molecule has 2 heterocycles. The maximum atomic E-state index is 12.5. The highest BCUT2D eigenvalue weighted by Gasteiger charge is 2.22. The molecule has 0 aliphatic rings. The van der Waals surface area contributed by atoms with Crippen LogP contribution >= 0.6 is 11.8 Å². The molecule has 0 N–H and O–H groups in total. The van der Waals surface area contributed by atoms with E-state index in [0.29, 0.717) is 23.9 Å². The van der Waals surface area contributed by atoms with Gasteiger partial charge in [0.05, 0.1) is 17.4 Å². The second-order valence-corrected chi connectivity index (χ2v) is 8.67. The summed E-state index contributed by atoms with van der Waals surface area (Å²) in [6, 6.07) is 6.49. The van der Waals surface area contributed by atoms with E-state index in [1.165, 1.54) is 29.4 Å². The molecule has 9 heteroatoms. The van der Waals surface area contributed by atoms with E-state index >= 15 is 0 Å². The van der Waals surface area contributed by atoms with E-state index < -0.39 is 16.0 Å². The molecule has 1 atom stereocenters. The van der Waals surface area contributed by atoms with Gasteiger partial charge in [-0.3, -0.25) is 0 Å². The second kappa shape index (κ2) is 8.70. The monoisotopic (exact) mass is 398 g/mol. The van der Waals surface area contributed by atoms with Crippen LogP contribution in [0.15, 0.2) is 44.8 Å². The Morgan fingerprint density at radius 2 is 1.96 bits per heavy atom. The van der Waals surface area contributed by atoms with Crippen molar-refractivity contribution in [3.05, 3.63) is 42.0 Å². The Hall–Kier alpha value is -1.84. The summed E-state index contributed by atoms with van der Waals surface area (Å²) in [4.78, 5) is 15.9. The molecule has 2 aromatic rings. The van der Waals surface area contributed by atoms with Gasteiger partial charge in [0.1, 0.15) is 10.7 Å². The van der Waals surface area contributed by atoms with Crippen molar-refractivity contribution in [1.29, 1.82) is 0 Å². The molecular formula is C17H22N2O5S2. The summed E-state index contributed by atoms with van der Waals surface area (Å²) < 4.78 is 36.4. The van der Waals surface area contributed by atoms with E-state index in [0.717, 1.165) is 0 Å². The van der Waals surface area contributed by atoms with Gasteiger partial charge >= 0.3 is 5.97 Å². The Morgan fingerprint density at radius 3 is 2.50 bits per heavy atom. The normalized spacial score (nSPS) is 13.0. The number of sulfonamides is 1. The van der Waals surface area contributed by atoms with Gasteiger partial charge in [-0.25, -0.2) is 18.2 Å². The zero-order valence-corrected chi connectivity index (χ0v) is 16.8. The molecular weight excluding hydrogens is 376 g/mol. The molecule has 0 radical (unpaired) electrons. The van der Waals surface area contributed by atoms with Crippen molar-refractivity contribution in [2.24, 2.45) is 0 Å². The number of aromatic nitrogens is 1. The van der Waals surface area contributed by atoms with Crippen LogP contribution in [0.25, 0.3) is 0 Å². The molecule has 2 aromatic heterocycles. The number of rotatable bonds is 8. The van der Waals surface area contributed by atoms with Gasteiger partial charge in [-0.05, 0) is 31.2 Å². The van der Waals surface area contributed by atoms with E-state index in [2.05, 4.69) is 9.72 Å². The standard InChI is InChI=1S/C17H22N2O5S2/c1-5-19(6-2)26(21,22)13-7-10-16(18-11-13)25-12(3)14-8-9-15(24-14)17(20)23-4/h7-12H,5-6H2,1-4H3. The molecule has 0 aliphatic carbocycles. The number of nitrogens with zero attached hydrogens (tertiary/aromatic N) is 2. The first-order valence-electron chi connectivity index (χ1n) is 8.14. The lowest BCUT2D eigenvalue weighted by atomic mass is 10.3. The zero-order chi connectivity index (χ0) is 19.3. The third-order valence-electron chi connectivity index (χ3n) is 3.76. The lowest BCUT2D eigenvalue weighted by Gasteiger charge is -2.18. The maximum absolute atomic E-state index is 12.5. The fourth-order valence-corrected chi connectivity index (χ4v) is 4.59. The van der Waals surface area contributed by atoms with Crippen LogP contribution in [0.2, 0.25) is 0 Å². The van der Waals surface area contributed by atoms with Crippen molar-refractivity contribution >= 4 is 27.8 Å². The van der Waals surface area contributed by atoms with Crippen LogP contribution in [-0.4, -0.2) is 43.9 Å². The molecule has 0 amide bonds. The third-order valence-corrected chi connectivity index (χ3v) is 6.87. The first kappa shape index (κ1) is 20.5. The smallest absolute Gasteiger partial charge is 0.373 e. The lowest BCUT2D eigenvalue weighted by molar-refractivity contribution is 0.0563. The van der Waals surface area contributed by atoms with Crippen LogP contribution in [0, 0.1) is 0 Å².